The van der Waals surface area contributed by atoms with E-state index in [9.17, 15) is 8.76 Å². The van der Waals surface area contributed by atoms with Gasteiger partial charge in [-0.15, -0.1) is 0 Å². The molecule has 6 nitrogen and oxygen atoms in total. The van der Waals surface area contributed by atoms with Gasteiger partial charge in [-0.25, -0.2) is 9.67 Å². The number of fused-ring (bicyclic) bond motifs is 1. The van der Waals surface area contributed by atoms with Crippen molar-refractivity contribution in [3.05, 3.63) is 61.2 Å². The molecule has 3 heterocycles. The van der Waals surface area contributed by atoms with Gasteiger partial charge < -0.3 is 9.54 Å². The molecule has 23 heavy (non-hydrogen) atoms. The van der Waals surface area contributed by atoms with Crippen LogP contribution in [0.4, 0.5) is 0 Å². The van der Waals surface area contributed by atoms with Crippen molar-refractivity contribution in [1.29, 1.82) is 0 Å². The minimum absolute atomic E-state index is 0.212. The maximum absolute atomic E-state index is 11.4. The van der Waals surface area contributed by atoms with Gasteiger partial charge in [-0.3, -0.25) is 4.21 Å². The van der Waals surface area contributed by atoms with Crippen LogP contribution in [0.15, 0.2) is 66.1 Å². The SMILES string of the molecule is O=S([O-])c1ccccc1-n1cc(-c2ccnc3[nH]ccc23)cn1. The molecule has 0 fully saturated rings. The molecule has 114 valence electrons. The van der Waals surface area contributed by atoms with Crippen molar-refractivity contribution >= 4 is 22.1 Å². The van der Waals surface area contributed by atoms with Crippen molar-refractivity contribution in [3.63, 3.8) is 0 Å². The second-order valence-corrected chi connectivity index (χ2v) is 5.88. The molecule has 4 rings (SSSR count). The molecular weight excluding hydrogens is 312 g/mol. The van der Waals surface area contributed by atoms with Crippen molar-refractivity contribution in [1.82, 2.24) is 19.7 Å². The van der Waals surface area contributed by atoms with E-state index >= 15 is 0 Å². The molecule has 0 amide bonds. The molecule has 0 aliphatic rings. The lowest BCUT2D eigenvalue weighted by Crippen LogP contribution is -2.01. The van der Waals surface area contributed by atoms with Crippen LogP contribution in [0.1, 0.15) is 0 Å². The molecule has 0 bridgehead atoms. The summed E-state index contributed by atoms with van der Waals surface area (Å²) in [6, 6.07) is 10.6. The smallest absolute Gasteiger partial charge is 0.137 e. The quantitative estimate of drug-likeness (QED) is 0.587. The standard InChI is InChI=1S/C16H12N4O2S/c21-23(22)15-4-2-1-3-14(15)20-10-11(9-19-20)12-5-7-17-16-13(12)6-8-18-16/h1-10H,(H,17,18)(H,21,22)/p-1. The molecule has 0 saturated heterocycles. The van der Waals surface area contributed by atoms with E-state index < -0.39 is 11.1 Å². The lowest BCUT2D eigenvalue weighted by atomic mass is 10.1. The summed E-state index contributed by atoms with van der Waals surface area (Å²) >= 11 is -2.32. The average Bonchev–Trinajstić information content (AvgIpc) is 3.23. The van der Waals surface area contributed by atoms with Crippen LogP contribution >= 0.6 is 0 Å². The first kappa shape index (κ1) is 13.9. The minimum Gasteiger partial charge on any atom is -0.768 e. The van der Waals surface area contributed by atoms with Gasteiger partial charge in [0.15, 0.2) is 0 Å². The predicted molar refractivity (Wildman–Crippen MR) is 85.8 cm³/mol. The van der Waals surface area contributed by atoms with Crippen LogP contribution in [0.2, 0.25) is 0 Å². The van der Waals surface area contributed by atoms with Gasteiger partial charge in [0.25, 0.3) is 0 Å². The van der Waals surface area contributed by atoms with Crippen LogP contribution in [0.3, 0.4) is 0 Å². The first-order chi connectivity index (χ1) is 11.2. The predicted octanol–water partition coefficient (Wildman–Crippen LogP) is 2.65. The van der Waals surface area contributed by atoms with Gasteiger partial charge in [0.2, 0.25) is 0 Å². The van der Waals surface area contributed by atoms with Crippen LogP contribution in [0, 0.1) is 0 Å². The molecule has 0 spiro atoms. The zero-order chi connectivity index (χ0) is 15.8. The molecule has 7 heteroatoms. The van der Waals surface area contributed by atoms with Crippen LogP contribution in [-0.4, -0.2) is 28.5 Å². The van der Waals surface area contributed by atoms with E-state index in [1.165, 1.54) is 0 Å². The van der Waals surface area contributed by atoms with E-state index in [1.54, 1.807) is 41.3 Å². The van der Waals surface area contributed by atoms with Crippen molar-refractivity contribution < 1.29 is 8.76 Å². The molecule has 0 saturated carbocycles. The summed E-state index contributed by atoms with van der Waals surface area (Å²) in [5.74, 6) is 0. The van der Waals surface area contributed by atoms with Crippen molar-refractivity contribution in [2.24, 2.45) is 0 Å². The maximum Gasteiger partial charge on any atom is 0.137 e. The van der Waals surface area contributed by atoms with E-state index in [0.717, 1.165) is 22.2 Å². The molecule has 1 N–H and O–H groups in total. The number of aromatic nitrogens is 4. The highest BCUT2D eigenvalue weighted by atomic mass is 32.2. The fourth-order valence-electron chi connectivity index (χ4n) is 2.59. The summed E-state index contributed by atoms with van der Waals surface area (Å²) < 4.78 is 24.3. The molecule has 1 atom stereocenters. The second kappa shape index (κ2) is 5.45. The fourth-order valence-corrected chi connectivity index (χ4v) is 3.12. The first-order valence-electron chi connectivity index (χ1n) is 6.90. The summed E-state index contributed by atoms with van der Waals surface area (Å²) in [7, 11) is 0. The maximum atomic E-state index is 11.4. The van der Waals surface area contributed by atoms with Crippen LogP contribution in [-0.2, 0) is 11.1 Å². The van der Waals surface area contributed by atoms with Crippen molar-refractivity contribution in [2.45, 2.75) is 4.90 Å². The zero-order valence-corrected chi connectivity index (χ0v) is 12.7. The van der Waals surface area contributed by atoms with Crippen LogP contribution in [0.5, 0.6) is 0 Å². The third kappa shape index (κ3) is 2.36. The Labute approximate surface area is 134 Å². The lowest BCUT2D eigenvalue weighted by Gasteiger charge is -2.11. The number of pyridine rings is 1. The Bertz CT molecular complexity index is 1020. The summed E-state index contributed by atoms with van der Waals surface area (Å²) in [5.41, 5.74) is 3.20. The average molecular weight is 323 g/mol. The molecule has 4 aromatic rings. The van der Waals surface area contributed by atoms with Gasteiger partial charge in [-0.05, 0) is 40.9 Å². The number of H-pyrrole nitrogens is 1. The number of hydrogen-bond acceptors (Lipinski definition) is 4. The highest BCUT2D eigenvalue weighted by molar-refractivity contribution is 7.79. The number of para-hydroxylation sites is 1. The van der Waals surface area contributed by atoms with Crippen LogP contribution in [0.25, 0.3) is 27.8 Å². The molecule has 3 aromatic heterocycles. The molecule has 0 aliphatic carbocycles. The van der Waals surface area contributed by atoms with E-state index in [4.69, 9.17) is 0 Å². The van der Waals surface area contributed by atoms with E-state index in [-0.39, 0.29) is 4.90 Å². The summed E-state index contributed by atoms with van der Waals surface area (Å²) in [4.78, 5) is 7.55. The topological polar surface area (TPSA) is 86.6 Å². The van der Waals surface area contributed by atoms with Gasteiger partial charge in [0.1, 0.15) is 5.65 Å². The number of nitrogens with zero attached hydrogens (tertiary/aromatic N) is 3. The third-order valence-electron chi connectivity index (χ3n) is 3.65. The molecular formula is C16H11N4O2S-. The fraction of sp³-hybridized carbons (Fsp3) is 0. The van der Waals surface area contributed by atoms with Gasteiger partial charge in [-0.1, -0.05) is 12.1 Å². The van der Waals surface area contributed by atoms with Crippen LogP contribution < -0.4 is 0 Å². The van der Waals surface area contributed by atoms with Gasteiger partial charge in [-0.2, -0.15) is 5.10 Å². The number of rotatable bonds is 3. The Kier molecular flexibility index (Phi) is 3.29. The van der Waals surface area contributed by atoms with E-state index in [1.807, 2.05) is 24.5 Å². The van der Waals surface area contributed by atoms with Crippen molar-refractivity contribution in [3.8, 4) is 16.8 Å². The zero-order valence-electron chi connectivity index (χ0n) is 11.8. The van der Waals surface area contributed by atoms with E-state index in [2.05, 4.69) is 15.1 Å². The highest BCUT2D eigenvalue weighted by Gasteiger charge is 2.10. The number of nitrogens with one attached hydrogen (secondary N) is 1. The Hall–Kier alpha value is -2.77. The largest absolute Gasteiger partial charge is 0.768 e. The lowest BCUT2D eigenvalue weighted by molar-refractivity contribution is 0.536. The Morgan fingerprint density at radius 2 is 2.04 bits per heavy atom. The Morgan fingerprint density at radius 1 is 1.17 bits per heavy atom. The van der Waals surface area contributed by atoms with Gasteiger partial charge in [0, 0.05) is 29.5 Å². The minimum atomic E-state index is -2.32. The molecule has 1 aromatic carbocycles. The second-order valence-electron chi connectivity index (χ2n) is 4.97. The summed E-state index contributed by atoms with van der Waals surface area (Å²) in [6.45, 7) is 0. The molecule has 0 aliphatic heterocycles. The number of benzene rings is 1. The monoisotopic (exact) mass is 323 g/mol. The van der Waals surface area contributed by atoms with E-state index in [0.29, 0.717) is 5.69 Å². The molecule has 1 unspecified atom stereocenters. The van der Waals surface area contributed by atoms with Crippen molar-refractivity contribution in [2.75, 3.05) is 0 Å². The first-order valence-corrected chi connectivity index (χ1v) is 7.97. The highest BCUT2D eigenvalue weighted by Crippen LogP contribution is 2.27. The Morgan fingerprint density at radius 3 is 2.91 bits per heavy atom. The Balaban J connectivity index is 1.84. The summed E-state index contributed by atoms with van der Waals surface area (Å²) in [6.07, 6.45) is 7.09. The van der Waals surface area contributed by atoms with Gasteiger partial charge >= 0.3 is 0 Å². The summed E-state index contributed by atoms with van der Waals surface area (Å²) in [5, 5.41) is 5.30. The number of hydrogen-bond donors (Lipinski definition) is 1. The molecule has 0 radical (unpaired) electrons. The third-order valence-corrected chi connectivity index (χ3v) is 4.35. The van der Waals surface area contributed by atoms with Gasteiger partial charge in [0.05, 0.1) is 16.8 Å². The normalized spacial score (nSPS) is 12.6. The number of aromatic amines is 1.